The highest BCUT2D eigenvalue weighted by atomic mass is 16.6. The molecule has 3 aromatic rings. The smallest absolute Gasteiger partial charge is 0.408 e. The summed E-state index contributed by atoms with van der Waals surface area (Å²) in [6.45, 7) is 0.281. The molecule has 1 aliphatic heterocycles. The summed E-state index contributed by atoms with van der Waals surface area (Å²) in [4.78, 5) is 67.7. The fourth-order valence-electron chi connectivity index (χ4n) is 5.71. The number of hydrogen-bond acceptors (Lipinski definition) is 12. The van der Waals surface area contributed by atoms with Crippen LogP contribution >= 0.6 is 0 Å². The lowest BCUT2D eigenvalue weighted by molar-refractivity contribution is -0.151. The number of rotatable bonds is 13. The van der Waals surface area contributed by atoms with Crippen LogP contribution in [0.15, 0.2) is 60.8 Å². The maximum atomic E-state index is 13.1. The summed E-state index contributed by atoms with van der Waals surface area (Å²) in [5, 5.41) is 5.30. The molecule has 15 nitrogen and oxygen atoms in total. The molecule has 2 unspecified atom stereocenters. The van der Waals surface area contributed by atoms with E-state index in [4.69, 9.17) is 30.4 Å². The van der Waals surface area contributed by atoms with Gasteiger partial charge in [0.25, 0.3) is 0 Å². The van der Waals surface area contributed by atoms with Gasteiger partial charge in [0.05, 0.1) is 26.7 Å². The van der Waals surface area contributed by atoms with E-state index >= 15 is 0 Å². The average Bonchev–Trinajstić information content (AvgIpc) is 3.61. The van der Waals surface area contributed by atoms with Crippen molar-refractivity contribution >= 4 is 35.9 Å². The molecule has 6 N–H and O–H groups in total. The zero-order valence-electron chi connectivity index (χ0n) is 30.7. The van der Waals surface area contributed by atoms with Crippen molar-refractivity contribution < 1.29 is 42.9 Å². The summed E-state index contributed by atoms with van der Waals surface area (Å²) in [5.74, 6) is 10.4. The first-order chi connectivity index (χ1) is 26.6. The van der Waals surface area contributed by atoms with Gasteiger partial charge >= 0.3 is 24.1 Å². The van der Waals surface area contributed by atoms with Crippen molar-refractivity contribution in [3.63, 3.8) is 0 Å². The minimum Gasteiger partial charge on any atom is -0.469 e. The number of ether oxygens (including phenoxy) is 4. The van der Waals surface area contributed by atoms with Gasteiger partial charge in [-0.1, -0.05) is 54.0 Å². The fraction of sp³-hybridized carbons (Fsp3) is 0.350. The molecular weight excluding hydrogens is 708 g/mol. The summed E-state index contributed by atoms with van der Waals surface area (Å²) in [7, 11) is 2.53. The van der Waals surface area contributed by atoms with Crippen molar-refractivity contribution in [3.05, 3.63) is 94.2 Å². The van der Waals surface area contributed by atoms with Crippen molar-refractivity contribution in [1.29, 1.82) is 0 Å². The number of amides is 3. The molecule has 1 aromatic heterocycles. The molecule has 2 heterocycles. The number of nitrogens with zero attached hydrogens (tertiary/aromatic N) is 2. The minimum absolute atomic E-state index is 0.0331. The first-order valence-corrected chi connectivity index (χ1v) is 17.4. The number of likely N-dealkylation sites (tertiary alicyclic amines) is 1. The Balaban J connectivity index is 1.28. The quantitative estimate of drug-likeness (QED) is 0.113. The Hall–Kier alpha value is -6.58. The van der Waals surface area contributed by atoms with E-state index in [9.17, 15) is 24.0 Å². The lowest BCUT2D eigenvalue weighted by Crippen LogP contribution is -2.42. The molecule has 288 valence electrons. The molecule has 0 aliphatic carbocycles. The number of nitrogens with one attached hydrogen (secondary N) is 2. The van der Waals surface area contributed by atoms with Crippen LogP contribution in [0.5, 0.6) is 0 Å². The zero-order valence-corrected chi connectivity index (χ0v) is 30.7. The van der Waals surface area contributed by atoms with E-state index in [1.807, 2.05) is 24.3 Å². The molecule has 0 bridgehead atoms. The Kier molecular flexibility index (Phi) is 15.9. The molecule has 2 aromatic carbocycles. The summed E-state index contributed by atoms with van der Waals surface area (Å²) >= 11 is 0. The van der Waals surface area contributed by atoms with Crippen LogP contribution in [-0.2, 0) is 59.3 Å². The summed E-state index contributed by atoms with van der Waals surface area (Å²) in [6.07, 6.45) is 1.72. The van der Waals surface area contributed by atoms with Crippen molar-refractivity contribution in [2.24, 2.45) is 5.73 Å². The number of carbonyl (C=O) groups is 5. The number of esters is 2. The van der Waals surface area contributed by atoms with Gasteiger partial charge in [-0.2, -0.15) is 0 Å². The van der Waals surface area contributed by atoms with Gasteiger partial charge in [0.1, 0.15) is 11.9 Å². The number of carbonyl (C=O) groups excluding carboxylic acids is 5. The fourth-order valence-corrected chi connectivity index (χ4v) is 5.71. The second-order valence-electron chi connectivity index (χ2n) is 12.4. The van der Waals surface area contributed by atoms with E-state index in [-0.39, 0.29) is 51.5 Å². The molecule has 1 saturated heterocycles. The molecular formula is C40H44N6O9. The van der Waals surface area contributed by atoms with Crippen LogP contribution in [0, 0.1) is 23.7 Å². The lowest BCUT2D eigenvalue weighted by Gasteiger charge is -2.22. The molecule has 0 saturated carbocycles. The third-order valence-corrected chi connectivity index (χ3v) is 8.37. The molecule has 3 amide bonds. The second-order valence-corrected chi connectivity index (χ2v) is 12.4. The largest absolute Gasteiger partial charge is 0.469 e. The molecule has 0 radical (unpaired) electrons. The van der Waals surface area contributed by atoms with E-state index in [1.54, 1.807) is 36.5 Å². The van der Waals surface area contributed by atoms with Crippen LogP contribution in [0.2, 0.25) is 0 Å². The Morgan fingerprint density at radius 2 is 1.58 bits per heavy atom. The molecule has 0 spiro atoms. The highest BCUT2D eigenvalue weighted by molar-refractivity contribution is 5.85. The molecule has 55 heavy (non-hydrogen) atoms. The summed E-state index contributed by atoms with van der Waals surface area (Å²) in [5.41, 5.74) is 15.7. The van der Waals surface area contributed by atoms with Crippen LogP contribution in [-0.4, -0.2) is 86.0 Å². The normalized spacial score (nSPS) is 14.3. The van der Waals surface area contributed by atoms with Gasteiger partial charge in [-0.05, 0) is 59.4 Å². The Morgan fingerprint density at radius 3 is 2.24 bits per heavy atom. The summed E-state index contributed by atoms with van der Waals surface area (Å²) < 4.78 is 20.1. The van der Waals surface area contributed by atoms with Gasteiger partial charge in [0.15, 0.2) is 13.2 Å². The van der Waals surface area contributed by atoms with Gasteiger partial charge in [-0.3, -0.25) is 9.59 Å². The Morgan fingerprint density at radius 1 is 0.873 bits per heavy atom. The van der Waals surface area contributed by atoms with Crippen LogP contribution < -0.4 is 22.1 Å². The Bertz CT molecular complexity index is 1960. The number of anilines is 1. The standard InChI is InChI=1S/C40H44N6O9/c1-52-37(48)21-32-19-28(10-5-15-54-39(50)44-25-31-13-14-35(42)43-24-31)18-29(20-32)11-6-16-55-40(51)45-33-22-34(38(49)53-2)46(26-33)36(47)12-4-8-27-7-3-9-30(17-27)23-41/h3,7,9,13-14,17-20,24,33-34H,4,8,12,15-16,21-23,25-26,41H2,1-2H3,(H2,42,43)(H,44,50)(H,45,51). The first-order valence-electron chi connectivity index (χ1n) is 17.4. The summed E-state index contributed by atoms with van der Waals surface area (Å²) in [6, 6.07) is 14.9. The predicted molar refractivity (Wildman–Crippen MR) is 200 cm³/mol. The molecule has 2 atom stereocenters. The molecule has 1 fully saturated rings. The van der Waals surface area contributed by atoms with Gasteiger partial charge in [-0.15, -0.1) is 0 Å². The monoisotopic (exact) mass is 752 g/mol. The number of methoxy groups -OCH3 is 2. The van der Waals surface area contributed by atoms with Gasteiger partial charge in [-0.25, -0.2) is 19.4 Å². The number of benzene rings is 2. The molecule has 15 heteroatoms. The van der Waals surface area contributed by atoms with Gasteiger partial charge < -0.3 is 45.9 Å². The second kappa shape index (κ2) is 21.2. The maximum Gasteiger partial charge on any atom is 0.408 e. The molecule has 4 rings (SSSR count). The topological polar surface area (TPSA) is 214 Å². The third kappa shape index (κ3) is 13.7. The first kappa shape index (κ1) is 41.2. The Labute approximate surface area is 319 Å². The number of nitrogens with two attached hydrogens (primary N) is 2. The van der Waals surface area contributed by atoms with Crippen molar-refractivity contribution in [2.75, 3.05) is 39.7 Å². The third-order valence-electron chi connectivity index (χ3n) is 8.37. The van der Waals surface area contributed by atoms with Crippen LogP contribution in [0.3, 0.4) is 0 Å². The van der Waals surface area contributed by atoms with Crippen molar-refractivity contribution in [1.82, 2.24) is 20.5 Å². The highest BCUT2D eigenvalue weighted by Crippen LogP contribution is 2.22. The highest BCUT2D eigenvalue weighted by Gasteiger charge is 2.40. The lowest BCUT2D eigenvalue weighted by atomic mass is 10.0. The van der Waals surface area contributed by atoms with Crippen LogP contribution in [0.4, 0.5) is 15.4 Å². The number of aromatic nitrogens is 1. The maximum absolute atomic E-state index is 13.1. The zero-order chi connectivity index (χ0) is 39.6. The van der Waals surface area contributed by atoms with Gasteiger partial charge in [0.2, 0.25) is 5.91 Å². The van der Waals surface area contributed by atoms with E-state index in [0.29, 0.717) is 41.9 Å². The number of alkyl carbamates (subject to hydrolysis) is 2. The molecule has 1 aliphatic rings. The van der Waals surface area contributed by atoms with E-state index in [0.717, 1.165) is 16.7 Å². The van der Waals surface area contributed by atoms with Gasteiger partial charge in [0, 0.05) is 49.8 Å². The van der Waals surface area contributed by atoms with Crippen LogP contribution in [0.25, 0.3) is 0 Å². The number of hydrogen-bond donors (Lipinski definition) is 4. The van der Waals surface area contributed by atoms with E-state index in [1.165, 1.54) is 19.1 Å². The van der Waals surface area contributed by atoms with Crippen LogP contribution in [0.1, 0.15) is 52.6 Å². The SMILES string of the molecule is COC(=O)Cc1cc(C#CCOC(=O)NCc2ccc(N)nc2)cc(C#CCOC(=O)NC2CC(C(=O)OC)N(C(=O)CCCc3cccc(CN)c3)C2)c1. The number of aryl methyl sites for hydroxylation is 1. The minimum atomic E-state index is -0.834. The predicted octanol–water partition coefficient (Wildman–Crippen LogP) is 2.36. The van der Waals surface area contributed by atoms with E-state index in [2.05, 4.69) is 39.3 Å². The number of pyridine rings is 1. The van der Waals surface area contributed by atoms with E-state index < -0.39 is 36.2 Å². The number of nitrogen functional groups attached to an aromatic ring is 1. The average molecular weight is 753 g/mol. The van der Waals surface area contributed by atoms with Crippen molar-refractivity contribution in [3.8, 4) is 23.7 Å². The van der Waals surface area contributed by atoms with Crippen molar-refractivity contribution in [2.45, 2.75) is 57.3 Å².